The molecule has 0 unspecified atom stereocenters. The third-order valence-electron chi connectivity index (χ3n) is 1.40. The molecule has 1 aromatic rings. The Kier molecular flexibility index (Phi) is 2.80. The molecule has 0 saturated heterocycles. The highest BCUT2D eigenvalue weighted by Crippen LogP contribution is 2.22. The zero-order chi connectivity index (χ0) is 9.14. The van der Waals surface area contributed by atoms with Crippen LogP contribution in [0.15, 0.2) is 24.8 Å². The number of nitro groups is 1. The highest BCUT2D eigenvalue weighted by atomic mass is 127. The SMILES string of the molecule is C=Cc1ccc(I)c([N+](=O)[O-])c1. The van der Waals surface area contributed by atoms with Gasteiger partial charge >= 0.3 is 0 Å². The van der Waals surface area contributed by atoms with Gasteiger partial charge in [-0.2, -0.15) is 0 Å². The van der Waals surface area contributed by atoms with E-state index < -0.39 is 4.92 Å². The first kappa shape index (κ1) is 9.18. The van der Waals surface area contributed by atoms with Gasteiger partial charge in [0.15, 0.2) is 0 Å². The summed E-state index contributed by atoms with van der Waals surface area (Å²) in [4.78, 5) is 10.1. The quantitative estimate of drug-likeness (QED) is 0.473. The van der Waals surface area contributed by atoms with Gasteiger partial charge < -0.3 is 0 Å². The molecule has 1 aromatic carbocycles. The maximum atomic E-state index is 10.5. The maximum absolute atomic E-state index is 10.5. The van der Waals surface area contributed by atoms with Crippen LogP contribution in [0.1, 0.15) is 5.56 Å². The van der Waals surface area contributed by atoms with Crippen LogP contribution >= 0.6 is 22.6 Å². The molecular formula is C8H6INO2. The van der Waals surface area contributed by atoms with E-state index in [1.165, 1.54) is 6.07 Å². The van der Waals surface area contributed by atoms with Gasteiger partial charge in [0.1, 0.15) is 0 Å². The van der Waals surface area contributed by atoms with Crippen molar-refractivity contribution in [3.05, 3.63) is 44.0 Å². The number of rotatable bonds is 2. The van der Waals surface area contributed by atoms with Gasteiger partial charge in [-0.05, 0) is 34.2 Å². The van der Waals surface area contributed by atoms with Crippen molar-refractivity contribution < 1.29 is 4.92 Å². The van der Waals surface area contributed by atoms with Gasteiger partial charge in [0.05, 0.1) is 8.49 Å². The molecule has 0 bridgehead atoms. The highest BCUT2D eigenvalue weighted by Gasteiger charge is 2.10. The van der Waals surface area contributed by atoms with Crippen LogP contribution < -0.4 is 0 Å². The summed E-state index contributed by atoms with van der Waals surface area (Å²) in [6.45, 7) is 3.54. The van der Waals surface area contributed by atoms with E-state index in [2.05, 4.69) is 6.58 Å². The summed E-state index contributed by atoms with van der Waals surface area (Å²) in [7, 11) is 0. The van der Waals surface area contributed by atoms with E-state index in [9.17, 15) is 10.1 Å². The van der Waals surface area contributed by atoms with Crippen molar-refractivity contribution in [3.8, 4) is 0 Å². The fourth-order valence-electron chi connectivity index (χ4n) is 0.797. The van der Waals surface area contributed by atoms with Crippen LogP contribution in [0.2, 0.25) is 0 Å². The average Bonchev–Trinajstić information content (AvgIpc) is 2.05. The highest BCUT2D eigenvalue weighted by molar-refractivity contribution is 14.1. The molecule has 0 aliphatic rings. The summed E-state index contributed by atoms with van der Waals surface area (Å²) in [6.07, 6.45) is 1.59. The van der Waals surface area contributed by atoms with E-state index in [1.54, 1.807) is 18.2 Å². The second kappa shape index (κ2) is 3.66. The number of halogens is 1. The fourth-order valence-corrected chi connectivity index (χ4v) is 1.33. The lowest BCUT2D eigenvalue weighted by molar-refractivity contribution is -0.385. The Hall–Kier alpha value is -0.910. The zero-order valence-corrected chi connectivity index (χ0v) is 8.32. The number of nitro benzene ring substituents is 1. The molecular weight excluding hydrogens is 269 g/mol. The third-order valence-corrected chi connectivity index (χ3v) is 2.31. The molecule has 4 heteroatoms. The molecule has 3 nitrogen and oxygen atoms in total. The molecule has 0 amide bonds. The minimum Gasteiger partial charge on any atom is -0.258 e. The van der Waals surface area contributed by atoms with E-state index in [-0.39, 0.29) is 5.69 Å². The van der Waals surface area contributed by atoms with Crippen LogP contribution in [0, 0.1) is 13.7 Å². The van der Waals surface area contributed by atoms with Crippen molar-refractivity contribution in [3.63, 3.8) is 0 Å². The molecule has 62 valence electrons. The second-order valence-corrected chi connectivity index (χ2v) is 3.33. The molecule has 0 fully saturated rings. The summed E-state index contributed by atoms with van der Waals surface area (Å²) in [5.74, 6) is 0. The maximum Gasteiger partial charge on any atom is 0.283 e. The van der Waals surface area contributed by atoms with Gasteiger partial charge in [0.25, 0.3) is 5.69 Å². The summed E-state index contributed by atoms with van der Waals surface area (Å²) in [5, 5.41) is 10.5. The molecule has 0 aromatic heterocycles. The number of hydrogen-bond acceptors (Lipinski definition) is 2. The lowest BCUT2D eigenvalue weighted by Crippen LogP contribution is -1.91. The van der Waals surface area contributed by atoms with Gasteiger partial charge in [-0.1, -0.05) is 18.7 Å². The van der Waals surface area contributed by atoms with Crippen LogP contribution in [-0.4, -0.2) is 4.92 Å². The van der Waals surface area contributed by atoms with E-state index in [1.807, 2.05) is 22.6 Å². The molecule has 12 heavy (non-hydrogen) atoms. The molecule has 0 radical (unpaired) electrons. The topological polar surface area (TPSA) is 43.1 Å². The Balaban J connectivity index is 3.25. The molecule has 1 rings (SSSR count). The summed E-state index contributed by atoms with van der Waals surface area (Å²) in [6, 6.07) is 5.01. The Labute approximate surface area is 83.4 Å². The van der Waals surface area contributed by atoms with E-state index in [4.69, 9.17) is 0 Å². The van der Waals surface area contributed by atoms with Gasteiger partial charge in [0.2, 0.25) is 0 Å². The summed E-state index contributed by atoms with van der Waals surface area (Å²) in [5.41, 5.74) is 0.898. The van der Waals surface area contributed by atoms with Crippen LogP contribution in [0.3, 0.4) is 0 Å². The predicted molar refractivity (Wildman–Crippen MR) is 55.9 cm³/mol. The van der Waals surface area contributed by atoms with Crippen molar-refractivity contribution in [2.24, 2.45) is 0 Å². The van der Waals surface area contributed by atoms with Crippen molar-refractivity contribution >= 4 is 34.4 Å². The normalized spacial score (nSPS) is 9.42. The number of nitrogens with zero attached hydrogens (tertiary/aromatic N) is 1. The molecule has 0 atom stereocenters. The van der Waals surface area contributed by atoms with Crippen molar-refractivity contribution in [1.29, 1.82) is 0 Å². The Morgan fingerprint density at radius 1 is 1.58 bits per heavy atom. The third kappa shape index (κ3) is 1.82. The first-order chi connectivity index (χ1) is 5.65. The molecule has 0 aliphatic heterocycles. The van der Waals surface area contributed by atoms with Gasteiger partial charge in [-0.25, -0.2) is 0 Å². The van der Waals surface area contributed by atoms with Crippen LogP contribution in [0.5, 0.6) is 0 Å². The minimum absolute atomic E-state index is 0.132. The Bertz CT molecular complexity index is 336. The summed E-state index contributed by atoms with van der Waals surface area (Å²) >= 11 is 1.93. The number of hydrogen-bond donors (Lipinski definition) is 0. The molecule has 0 N–H and O–H groups in total. The van der Waals surface area contributed by atoms with Gasteiger partial charge in [0, 0.05) is 6.07 Å². The standard InChI is InChI=1S/C8H6INO2/c1-2-6-3-4-7(9)8(5-6)10(11)12/h2-5H,1H2. The lowest BCUT2D eigenvalue weighted by atomic mass is 10.2. The molecule has 0 aliphatic carbocycles. The van der Waals surface area contributed by atoms with E-state index in [0.717, 1.165) is 5.56 Å². The smallest absolute Gasteiger partial charge is 0.258 e. The second-order valence-electron chi connectivity index (χ2n) is 2.17. The van der Waals surface area contributed by atoms with Gasteiger partial charge in [-0.3, -0.25) is 10.1 Å². The molecule has 0 heterocycles. The lowest BCUT2D eigenvalue weighted by Gasteiger charge is -1.96. The molecule has 0 spiro atoms. The minimum atomic E-state index is -0.394. The van der Waals surface area contributed by atoms with E-state index >= 15 is 0 Å². The van der Waals surface area contributed by atoms with Crippen molar-refractivity contribution in [1.82, 2.24) is 0 Å². The average molecular weight is 275 g/mol. The fraction of sp³-hybridized carbons (Fsp3) is 0. The monoisotopic (exact) mass is 275 g/mol. The van der Waals surface area contributed by atoms with Crippen LogP contribution in [-0.2, 0) is 0 Å². The first-order valence-corrected chi connectivity index (χ1v) is 4.29. The van der Waals surface area contributed by atoms with Crippen LogP contribution in [0.4, 0.5) is 5.69 Å². The van der Waals surface area contributed by atoms with Crippen LogP contribution in [0.25, 0.3) is 6.08 Å². The first-order valence-electron chi connectivity index (χ1n) is 3.21. The molecule has 0 saturated carbocycles. The Morgan fingerprint density at radius 3 is 2.75 bits per heavy atom. The summed E-state index contributed by atoms with van der Waals surface area (Å²) < 4.78 is 0.642. The Morgan fingerprint density at radius 2 is 2.25 bits per heavy atom. The van der Waals surface area contributed by atoms with Gasteiger partial charge in [-0.15, -0.1) is 0 Å². The zero-order valence-electron chi connectivity index (χ0n) is 6.16. The number of benzene rings is 1. The van der Waals surface area contributed by atoms with E-state index in [0.29, 0.717) is 3.57 Å². The van der Waals surface area contributed by atoms with Crippen molar-refractivity contribution in [2.45, 2.75) is 0 Å². The predicted octanol–water partition coefficient (Wildman–Crippen LogP) is 2.84. The van der Waals surface area contributed by atoms with Crippen molar-refractivity contribution in [2.75, 3.05) is 0 Å². The largest absolute Gasteiger partial charge is 0.283 e.